The Balaban J connectivity index is 1.45. The van der Waals surface area contributed by atoms with Gasteiger partial charge in [-0.25, -0.2) is 8.42 Å². The molecule has 2 N–H and O–H groups in total. The van der Waals surface area contributed by atoms with E-state index in [9.17, 15) is 26.4 Å². The lowest BCUT2D eigenvalue weighted by Gasteiger charge is -2.11. The fourth-order valence-corrected chi connectivity index (χ4v) is 4.56. The fraction of sp³-hybridized carbons (Fsp3) is 0.115. The number of aromatic amines is 1. The number of hydrogen-bond acceptors (Lipinski definition) is 8. The second-order valence-electron chi connectivity index (χ2n) is 8.83. The lowest BCUT2D eigenvalue weighted by atomic mass is 10.1. The van der Waals surface area contributed by atoms with E-state index in [1.54, 1.807) is 47.1 Å². The largest absolute Gasteiger partial charge is 0.573 e. The number of benzene rings is 3. The first-order valence-corrected chi connectivity index (χ1v) is 13.7. The molecule has 0 saturated carbocycles. The van der Waals surface area contributed by atoms with Crippen molar-refractivity contribution in [2.75, 3.05) is 11.6 Å². The summed E-state index contributed by atoms with van der Waals surface area (Å²) in [4.78, 5) is 12.6. The standard InChI is InChI=1S/C26H20F3N7O4S/c1-41(38,39)21-12-8-17(9-13-21)22-14-23(18-6-10-20(11-7-18)40-26(27,28)29)36(33-22)15-16-2-4-19(5-3-16)24(37)30-25-31-34-35-32-25/h2-14H,15H2,1H3,(H2,30,31,32,34,35,37). The molecule has 1 amide bonds. The SMILES string of the molecule is CS(=O)(=O)c1ccc(-c2cc(-c3ccc(OC(F)(F)F)cc3)n(Cc3ccc(C(=O)Nc4nn[nH]n4)cc3)n2)cc1. The summed E-state index contributed by atoms with van der Waals surface area (Å²) < 4.78 is 67.2. The number of halogens is 3. The maximum absolute atomic E-state index is 12.6. The molecule has 41 heavy (non-hydrogen) atoms. The van der Waals surface area contributed by atoms with E-state index in [-0.39, 0.29) is 23.1 Å². The van der Waals surface area contributed by atoms with Gasteiger partial charge >= 0.3 is 6.36 Å². The Kier molecular flexibility index (Phi) is 7.28. The Labute approximate surface area is 230 Å². The number of rotatable bonds is 8. The molecule has 0 spiro atoms. The van der Waals surface area contributed by atoms with Crippen LogP contribution in [0, 0.1) is 0 Å². The Morgan fingerprint density at radius 1 is 0.976 bits per heavy atom. The molecule has 0 radical (unpaired) electrons. The smallest absolute Gasteiger partial charge is 0.406 e. The second kappa shape index (κ2) is 10.8. The number of amides is 1. The van der Waals surface area contributed by atoms with Gasteiger partial charge in [-0.2, -0.15) is 10.3 Å². The topological polar surface area (TPSA) is 145 Å². The lowest BCUT2D eigenvalue weighted by molar-refractivity contribution is -0.274. The minimum atomic E-state index is -4.82. The second-order valence-corrected chi connectivity index (χ2v) is 10.8. The number of nitrogens with zero attached hydrogens (tertiary/aromatic N) is 5. The molecule has 0 aliphatic heterocycles. The Morgan fingerprint density at radius 2 is 1.63 bits per heavy atom. The molecular formula is C26H20F3N7O4S. The van der Waals surface area contributed by atoms with E-state index in [2.05, 4.69) is 35.8 Å². The zero-order valence-corrected chi connectivity index (χ0v) is 21.9. The van der Waals surface area contributed by atoms with E-state index in [0.29, 0.717) is 28.1 Å². The van der Waals surface area contributed by atoms with E-state index >= 15 is 0 Å². The van der Waals surface area contributed by atoms with Gasteiger partial charge in [-0.3, -0.25) is 14.8 Å². The van der Waals surface area contributed by atoms with Crippen molar-refractivity contribution in [3.05, 3.63) is 90.0 Å². The molecule has 2 aromatic heterocycles. The van der Waals surface area contributed by atoms with Gasteiger partial charge in [-0.1, -0.05) is 29.4 Å². The molecule has 0 unspecified atom stereocenters. The van der Waals surface area contributed by atoms with Crippen LogP contribution in [0.4, 0.5) is 19.1 Å². The summed E-state index contributed by atoms with van der Waals surface area (Å²) >= 11 is 0. The van der Waals surface area contributed by atoms with Crippen molar-refractivity contribution in [2.24, 2.45) is 0 Å². The molecule has 2 heterocycles. The minimum Gasteiger partial charge on any atom is -0.406 e. The van der Waals surface area contributed by atoms with Gasteiger partial charge in [0.25, 0.3) is 11.9 Å². The number of anilines is 1. The van der Waals surface area contributed by atoms with Crippen LogP contribution in [0.5, 0.6) is 5.75 Å². The van der Waals surface area contributed by atoms with Gasteiger partial charge in [-0.05, 0) is 65.4 Å². The number of carbonyl (C=O) groups excluding carboxylic acids is 1. The summed E-state index contributed by atoms with van der Waals surface area (Å²) in [7, 11) is -3.39. The summed E-state index contributed by atoms with van der Waals surface area (Å²) in [5.74, 6) is -0.763. The van der Waals surface area contributed by atoms with Gasteiger partial charge in [0.15, 0.2) is 9.84 Å². The average molecular weight is 584 g/mol. The van der Waals surface area contributed by atoms with Crippen LogP contribution >= 0.6 is 0 Å². The molecule has 5 aromatic rings. The number of alkyl halides is 3. The van der Waals surface area contributed by atoms with Gasteiger partial charge in [0.05, 0.1) is 22.8 Å². The van der Waals surface area contributed by atoms with Crippen molar-refractivity contribution in [1.29, 1.82) is 0 Å². The highest BCUT2D eigenvalue weighted by Crippen LogP contribution is 2.30. The third-order valence-corrected chi connectivity index (χ3v) is 6.99. The molecule has 3 aromatic carbocycles. The van der Waals surface area contributed by atoms with E-state index in [1.807, 2.05) is 0 Å². The molecule has 5 rings (SSSR count). The van der Waals surface area contributed by atoms with Gasteiger partial charge < -0.3 is 4.74 Å². The van der Waals surface area contributed by atoms with Crippen molar-refractivity contribution in [2.45, 2.75) is 17.8 Å². The monoisotopic (exact) mass is 583 g/mol. The Bertz CT molecular complexity index is 1770. The van der Waals surface area contributed by atoms with E-state index in [4.69, 9.17) is 0 Å². The zero-order valence-electron chi connectivity index (χ0n) is 21.1. The number of sulfone groups is 1. The number of aromatic nitrogens is 6. The van der Waals surface area contributed by atoms with Crippen LogP contribution in [0.1, 0.15) is 15.9 Å². The van der Waals surface area contributed by atoms with Crippen LogP contribution in [-0.2, 0) is 16.4 Å². The van der Waals surface area contributed by atoms with Crippen LogP contribution in [-0.4, -0.2) is 57.3 Å². The van der Waals surface area contributed by atoms with E-state index in [1.165, 1.54) is 36.4 Å². The van der Waals surface area contributed by atoms with Crippen LogP contribution < -0.4 is 10.1 Å². The first kappa shape index (κ1) is 27.5. The normalized spacial score (nSPS) is 11.8. The molecule has 0 aliphatic rings. The third kappa shape index (κ3) is 6.75. The van der Waals surface area contributed by atoms with E-state index in [0.717, 1.165) is 11.8 Å². The molecule has 0 bridgehead atoms. The molecule has 0 fully saturated rings. The molecule has 0 aliphatic carbocycles. The molecule has 0 saturated heterocycles. The van der Waals surface area contributed by atoms with Crippen molar-refractivity contribution in [3.8, 4) is 28.3 Å². The first-order chi connectivity index (χ1) is 19.4. The highest BCUT2D eigenvalue weighted by Gasteiger charge is 2.31. The maximum atomic E-state index is 12.6. The molecular weight excluding hydrogens is 563 g/mol. The third-order valence-electron chi connectivity index (χ3n) is 5.86. The highest BCUT2D eigenvalue weighted by molar-refractivity contribution is 7.90. The predicted molar refractivity (Wildman–Crippen MR) is 141 cm³/mol. The average Bonchev–Trinajstić information content (AvgIpc) is 3.58. The van der Waals surface area contributed by atoms with Crippen molar-refractivity contribution in [1.82, 2.24) is 30.4 Å². The zero-order chi connectivity index (χ0) is 29.2. The molecule has 0 atom stereocenters. The fourth-order valence-electron chi connectivity index (χ4n) is 3.93. The number of H-pyrrole nitrogens is 1. The number of ether oxygens (including phenoxy) is 1. The summed E-state index contributed by atoms with van der Waals surface area (Å²) in [6, 6.07) is 20.0. The number of carbonyl (C=O) groups is 1. The number of nitrogens with one attached hydrogen (secondary N) is 2. The molecule has 210 valence electrons. The number of tetrazole rings is 1. The van der Waals surface area contributed by atoms with E-state index < -0.39 is 22.1 Å². The predicted octanol–water partition coefficient (Wildman–Crippen LogP) is 4.33. The highest BCUT2D eigenvalue weighted by atomic mass is 32.2. The summed E-state index contributed by atoms with van der Waals surface area (Å²) in [6.07, 6.45) is -3.70. The summed E-state index contributed by atoms with van der Waals surface area (Å²) in [6.45, 7) is 0.254. The van der Waals surface area contributed by atoms with Crippen LogP contribution in [0.25, 0.3) is 22.5 Å². The van der Waals surface area contributed by atoms with Crippen molar-refractivity contribution in [3.63, 3.8) is 0 Å². The first-order valence-electron chi connectivity index (χ1n) is 11.8. The van der Waals surface area contributed by atoms with Crippen LogP contribution in [0.2, 0.25) is 0 Å². The summed E-state index contributed by atoms with van der Waals surface area (Å²) in [5.41, 5.74) is 3.45. The summed E-state index contributed by atoms with van der Waals surface area (Å²) in [5, 5.41) is 20.2. The maximum Gasteiger partial charge on any atom is 0.573 e. The van der Waals surface area contributed by atoms with Crippen LogP contribution in [0.3, 0.4) is 0 Å². The Hall–Kier alpha value is -5.05. The molecule has 11 nitrogen and oxygen atoms in total. The molecule has 15 heteroatoms. The van der Waals surface area contributed by atoms with Gasteiger partial charge in [-0.15, -0.1) is 18.3 Å². The van der Waals surface area contributed by atoms with Crippen LogP contribution in [0.15, 0.2) is 83.8 Å². The van der Waals surface area contributed by atoms with Gasteiger partial charge in [0.2, 0.25) is 0 Å². The van der Waals surface area contributed by atoms with Crippen molar-refractivity contribution < 1.29 is 31.1 Å². The lowest BCUT2D eigenvalue weighted by Crippen LogP contribution is -2.17. The quantitative estimate of drug-likeness (QED) is 0.275. The Morgan fingerprint density at radius 3 is 2.22 bits per heavy atom. The number of hydrogen-bond donors (Lipinski definition) is 2. The van der Waals surface area contributed by atoms with Gasteiger partial charge in [0, 0.05) is 22.9 Å². The van der Waals surface area contributed by atoms with Crippen molar-refractivity contribution >= 4 is 21.7 Å². The van der Waals surface area contributed by atoms with Gasteiger partial charge in [0.1, 0.15) is 5.75 Å². The minimum absolute atomic E-state index is 0.0315.